The van der Waals surface area contributed by atoms with Crippen LogP contribution in [0, 0.1) is 0 Å². The van der Waals surface area contributed by atoms with Gasteiger partial charge in [-0.3, -0.25) is 0 Å². The molecule has 0 fully saturated rings. The summed E-state index contributed by atoms with van der Waals surface area (Å²) in [6.45, 7) is 0.126. The molecule has 0 aliphatic carbocycles. The summed E-state index contributed by atoms with van der Waals surface area (Å²) in [5, 5.41) is 5.17. The van der Waals surface area contributed by atoms with E-state index in [0.29, 0.717) is 0 Å². The lowest BCUT2D eigenvalue weighted by Gasteiger charge is -2.27. The van der Waals surface area contributed by atoms with Crippen LogP contribution >= 0.6 is 11.3 Å². The summed E-state index contributed by atoms with van der Waals surface area (Å²) in [5.41, 5.74) is 7.25. The Hall–Kier alpha value is -4.80. The smallest absolute Gasteiger partial charge is 0.250 e. The van der Waals surface area contributed by atoms with Gasteiger partial charge in [-0.05, 0) is 41.3 Å². The molecule has 8 aromatic rings. The minimum atomic E-state index is 0.126. The number of nitrogens with zero attached hydrogens (tertiary/aromatic N) is 1. The molecule has 0 spiro atoms. The van der Waals surface area contributed by atoms with Crippen molar-refractivity contribution in [1.82, 2.24) is 4.57 Å². The molecule has 0 amide bonds. The highest BCUT2D eigenvalue weighted by atomic mass is 32.1. The van der Waals surface area contributed by atoms with Gasteiger partial charge in [-0.1, -0.05) is 103 Å². The lowest BCUT2D eigenvalue weighted by atomic mass is 9.36. The van der Waals surface area contributed by atoms with E-state index < -0.39 is 0 Å². The molecule has 0 N–H and O–H groups in total. The van der Waals surface area contributed by atoms with Crippen molar-refractivity contribution in [2.45, 2.75) is 0 Å². The van der Waals surface area contributed by atoms with E-state index in [2.05, 4.69) is 138 Å². The predicted octanol–water partition coefficient (Wildman–Crippen LogP) is 7.77. The highest BCUT2D eigenvalue weighted by Crippen LogP contribution is 2.43. The topological polar surface area (TPSA) is 14.2 Å². The highest BCUT2D eigenvalue weighted by Gasteiger charge is 2.32. The van der Waals surface area contributed by atoms with Gasteiger partial charge in [0.15, 0.2) is 0 Å². The number of hydrogen-bond acceptors (Lipinski definition) is 2. The number of aromatic nitrogens is 1. The molecule has 0 unspecified atom stereocenters. The van der Waals surface area contributed by atoms with Gasteiger partial charge < -0.3 is 9.30 Å². The third-order valence-corrected chi connectivity index (χ3v) is 9.46. The van der Waals surface area contributed by atoms with E-state index >= 15 is 0 Å². The molecule has 9 rings (SSSR count). The molecule has 3 heterocycles. The molecule has 4 heteroatoms. The summed E-state index contributed by atoms with van der Waals surface area (Å²) in [6, 6.07) is 48.1. The molecule has 40 heavy (non-hydrogen) atoms. The Kier molecular flexibility index (Phi) is 4.61. The molecule has 0 radical (unpaired) electrons. The Morgan fingerprint density at radius 1 is 0.550 bits per heavy atom. The first kappa shape index (κ1) is 22.1. The van der Waals surface area contributed by atoms with Crippen molar-refractivity contribution in [2.75, 3.05) is 0 Å². The predicted molar refractivity (Wildman–Crippen MR) is 171 cm³/mol. The Morgan fingerprint density at radius 2 is 1.30 bits per heavy atom. The fourth-order valence-corrected chi connectivity index (χ4v) is 7.73. The number of hydrogen-bond donors (Lipinski definition) is 0. The number of benzene rings is 6. The van der Waals surface area contributed by atoms with Gasteiger partial charge in [0, 0.05) is 42.7 Å². The first-order chi connectivity index (χ1) is 19.8. The van der Waals surface area contributed by atoms with Crippen LogP contribution in [0.1, 0.15) is 0 Å². The normalized spacial score (nSPS) is 12.7. The van der Waals surface area contributed by atoms with Gasteiger partial charge >= 0.3 is 0 Å². The summed E-state index contributed by atoms with van der Waals surface area (Å²) in [7, 11) is 0. The second-order valence-electron chi connectivity index (χ2n) is 10.5. The molecular weight excluding hydrogens is 505 g/mol. The number of thiophene rings is 1. The lowest BCUT2D eigenvalue weighted by Crippen LogP contribution is -2.54. The van der Waals surface area contributed by atoms with Crippen molar-refractivity contribution in [2.24, 2.45) is 0 Å². The molecule has 0 saturated carbocycles. The van der Waals surface area contributed by atoms with Gasteiger partial charge in [-0.2, -0.15) is 0 Å². The molecule has 2 aromatic heterocycles. The van der Waals surface area contributed by atoms with Crippen LogP contribution in [0.15, 0.2) is 133 Å². The molecule has 6 aromatic carbocycles. The Labute approximate surface area is 235 Å². The Balaban J connectivity index is 1.35. The molecule has 0 saturated heterocycles. The summed E-state index contributed by atoms with van der Waals surface area (Å²) < 4.78 is 11.7. The van der Waals surface area contributed by atoms with Crippen LogP contribution in [-0.4, -0.2) is 11.3 Å². The van der Waals surface area contributed by atoms with Gasteiger partial charge in [-0.15, -0.1) is 11.3 Å². The fourth-order valence-electron chi connectivity index (χ4n) is 6.62. The molecule has 1 aliphatic heterocycles. The molecule has 2 nitrogen and oxygen atoms in total. The van der Waals surface area contributed by atoms with Crippen LogP contribution in [0.3, 0.4) is 0 Å². The van der Waals surface area contributed by atoms with Crippen molar-refractivity contribution in [3.05, 3.63) is 133 Å². The van der Waals surface area contributed by atoms with Crippen LogP contribution in [-0.2, 0) is 0 Å². The first-order valence-electron chi connectivity index (χ1n) is 13.6. The van der Waals surface area contributed by atoms with Crippen LogP contribution in [0.2, 0.25) is 0 Å². The maximum absolute atomic E-state index is 6.62. The second-order valence-corrected chi connectivity index (χ2v) is 11.6. The maximum atomic E-state index is 6.62. The average molecular weight is 527 g/mol. The van der Waals surface area contributed by atoms with E-state index in [1.165, 1.54) is 58.4 Å². The molecule has 1 aliphatic rings. The maximum Gasteiger partial charge on any atom is 0.250 e. The quantitative estimate of drug-likeness (QED) is 0.210. The molecular formula is C36H22BNOS. The van der Waals surface area contributed by atoms with Crippen molar-refractivity contribution in [1.29, 1.82) is 0 Å². The molecule has 0 atom stereocenters. The number of fused-ring (bicyclic) bond motifs is 9. The van der Waals surface area contributed by atoms with E-state index in [1.807, 2.05) is 11.3 Å². The van der Waals surface area contributed by atoms with Crippen LogP contribution in [0.5, 0.6) is 11.5 Å². The zero-order chi connectivity index (χ0) is 26.2. The fraction of sp³-hybridized carbons (Fsp3) is 0. The largest absolute Gasteiger partial charge is 0.458 e. The van der Waals surface area contributed by atoms with Crippen LogP contribution < -0.4 is 21.1 Å². The lowest BCUT2D eigenvalue weighted by molar-refractivity contribution is 0.487. The van der Waals surface area contributed by atoms with Gasteiger partial charge in [-0.25, -0.2) is 0 Å². The first-order valence-corrected chi connectivity index (χ1v) is 14.5. The molecule has 186 valence electrons. The average Bonchev–Trinajstić information content (AvgIpc) is 3.56. The van der Waals surface area contributed by atoms with E-state index in [1.54, 1.807) is 0 Å². The van der Waals surface area contributed by atoms with Crippen molar-refractivity contribution < 1.29 is 4.74 Å². The standard InChI is InChI=1S/C36H22BNOS/c1-2-10-23(11-3-1)37-28-14-6-8-16-31(28)39-32-22-24(18-20-29(32)37)38-30-15-7-4-12-25(30)26-19-21-34-35(36(26)38)27-13-5-9-17-33(27)40-34/h1-22H. The number of ether oxygens (including phenoxy) is 1. The van der Waals surface area contributed by atoms with Gasteiger partial charge in [0.25, 0.3) is 6.71 Å². The molecule has 0 bridgehead atoms. The highest BCUT2D eigenvalue weighted by molar-refractivity contribution is 7.26. The van der Waals surface area contributed by atoms with Gasteiger partial charge in [0.05, 0.1) is 11.0 Å². The van der Waals surface area contributed by atoms with Crippen molar-refractivity contribution >= 4 is 76.4 Å². The minimum Gasteiger partial charge on any atom is -0.458 e. The van der Waals surface area contributed by atoms with Crippen molar-refractivity contribution in [3.8, 4) is 17.2 Å². The summed E-state index contributed by atoms with van der Waals surface area (Å²) in [4.78, 5) is 0. The monoisotopic (exact) mass is 527 g/mol. The SMILES string of the molecule is c1ccc(B2c3ccccc3Oc3cc(-n4c5ccccc5c5ccc6sc7ccccc7c6c54)ccc32)cc1. The van der Waals surface area contributed by atoms with Crippen molar-refractivity contribution in [3.63, 3.8) is 0 Å². The minimum absolute atomic E-state index is 0.126. The zero-order valence-electron chi connectivity index (χ0n) is 21.5. The van der Waals surface area contributed by atoms with Gasteiger partial charge in [0.2, 0.25) is 0 Å². The van der Waals surface area contributed by atoms with E-state index in [9.17, 15) is 0 Å². The zero-order valence-corrected chi connectivity index (χ0v) is 22.4. The van der Waals surface area contributed by atoms with Crippen LogP contribution in [0.25, 0.3) is 47.7 Å². The second kappa shape index (κ2) is 8.35. The van der Waals surface area contributed by atoms with E-state index in [4.69, 9.17) is 4.74 Å². The van der Waals surface area contributed by atoms with E-state index in [-0.39, 0.29) is 6.71 Å². The van der Waals surface area contributed by atoms with E-state index in [0.717, 1.165) is 17.2 Å². The summed E-state index contributed by atoms with van der Waals surface area (Å²) in [6.07, 6.45) is 0. The summed E-state index contributed by atoms with van der Waals surface area (Å²) in [5.74, 6) is 1.84. The Bertz CT molecular complexity index is 2260. The third kappa shape index (κ3) is 3.05. The van der Waals surface area contributed by atoms with Crippen LogP contribution in [0.4, 0.5) is 0 Å². The van der Waals surface area contributed by atoms with Gasteiger partial charge in [0.1, 0.15) is 11.5 Å². The number of para-hydroxylation sites is 2. The Morgan fingerprint density at radius 3 is 2.23 bits per heavy atom. The number of rotatable bonds is 2. The summed E-state index contributed by atoms with van der Waals surface area (Å²) >= 11 is 1.87. The third-order valence-electron chi connectivity index (χ3n) is 8.32.